The number of rotatable bonds is 4. The van der Waals surface area contributed by atoms with Gasteiger partial charge >= 0.3 is 0 Å². The van der Waals surface area contributed by atoms with E-state index in [1.807, 2.05) is 11.9 Å². The van der Waals surface area contributed by atoms with Crippen molar-refractivity contribution < 1.29 is 4.79 Å². The predicted molar refractivity (Wildman–Crippen MR) is 73.5 cm³/mol. The third-order valence-electron chi connectivity index (χ3n) is 4.41. The van der Waals surface area contributed by atoms with Gasteiger partial charge in [-0.3, -0.25) is 4.79 Å². The zero-order chi connectivity index (χ0) is 13.0. The number of carbonyl (C=O) groups is 1. The quantitative estimate of drug-likeness (QED) is 0.809. The first-order valence-corrected chi connectivity index (χ1v) is 7.39. The number of likely N-dealkylation sites (N-methyl/N-ethyl adjacent to an activating group) is 1. The molecule has 18 heavy (non-hydrogen) atoms. The standard InChI is InChI=1S/C14H27N3O/c1-12-13(6-5-7-15-12)14(18)16(2)10-11-17-8-3-4-9-17/h12-13,15H,3-11H2,1-2H3. The van der Waals surface area contributed by atoms with Gasteiger partial charge in [0.15, 0.2) is 0 Å². The summed E-state index contributed by atoms with van der Waals surface area (Å²) in [6.45, 7) is 7.53. The minimum Gasteiger partial charge on any atom is -0.344 e. The highest BCUT2D eigenvalue weighted by Crippen LogP contribution is 2.18. The summed E-state index contributed by atoms with van der Waals surface area (Å²) in [5.41, 5.74) is 0. The van der Waals surface area contributed by atoms with Gasteiger partial charge in [-0.1, -0.05) is 0 Å². The molecule has 0 aromatic carbocycles. The Labute approximate surface area is 111 Å². The number of nitrogens with zero attached hydrogens (tertiary/aromatic N) is 2. The monoisotopic (exact) mass is 253 g/mol. The van der Waals surface area contributed by atoms with E-state index in [9.17, 15) is 4.79 Å². The number of likely N-dealkylation sites (tertiary alicyclic amines) is 1. The number of hydrogen-bond donors (Lipinski definition) is 1. The van der Waals surface area contributed by atoms with Crippen molar-refractivity contribution in [1.29, 1.82) is 0 Å². The number of carbonyl (C=O) groups excluding carboxylic acids is 1. The maximum atomic E-state index is 12.4. The Morgan fingerprint density at radius 1 is 1.33 bits per heavy atom. The average Bonchev–Trinajstić information content (AvgIpc) is 2.89. The largest absolute Gasteiger partial charge is 0.344 e. The van der Waals surface area contributed by atoms with Crippen LogP contribution in [0.5, 0.6) is 0 Å². The van der Waals surface area contributed by atoms with Gasteiger partial charge in [0.2, 0.25) is 5.91 Å². The molecule has 0 radical (unpaired) electrons. The van der Waals surface area contributed by atoms with Crippen LogP contribution >= 0.6 is 0 Å². The molecule has 0 aromatic heterocycles. The highest BCUT2D eigenvalue weighted by molar-refractivity contribution is 5.79. The summed E-state index contributed by atoms with van der Waals surface area (Å²) in [5, 5.41) is 3.41. The van der Waals surface area contributed by atoms with Gasteiger partial charge in [0.05, 0.1) is 5.92 Å². The van der Waals surface area contributed by atoms with Crippen LogP contribution in [0.25, 0.3) is 0 Å². The Kier molecular flexibility index (Phi) is 5.01. The van der Waals surface area contributed by atoms with Crippen molar-refractivity contribution in [3.05, 3.63) is 0 Å². The SMILES string of the molecule is CC1NCCCC1C(=O)N(C)CCN1CCCC1. The van der Waals surface area contributed by atoms with Crippen LogP contribution in [-0.4, -0.2) is 61.5 Å². The van der Waals surface area contributed by atoms with Crippen molar-refractivity contribution >= 4 is 5.91 Å². The fourth-order valence-corrected chi connectivity index (χ4v) is 3.07. The highest BCUT2D eigenvalue weighted by Gasteiger charge is 2.29. The minimum atomic E-state index is 0.183. The van der Waals surface area contributed by atoms with E-state index in [0.717, 1.165) is 32.5 Å². The molecular weight excluding hydrogens is 226 g/mol. The van der Waals surface area contributed by atoms with Crippen LogP contribution in [0.3, 0.4) is 0 Å². The fraction of sp³-hybridized carbons (Fsp3) is 0.929. The molecule has 2 atom stereocenters. The molecule has 2 saturated heterocycles. The molecule has 2 unspecified atom stereocenters. The number of nitrogens with one attached hydrogen (secondary N) is 1. The second-order valence-electron chi connectivity index (χ2n) is 5.80. The lowest BCUT2D eigenvalue weighted by Gasteiger charge is -2.32. The Morgan fingerprint density at radius 2 is 2.06 bits per heavy atom. The molecule has 0 aromatic rings. The normalized spacial score (nSPS) is 29.4. The lowest BCUT2D eigenvalue weighted by Crippen LogP contribution is -2.48. The molecule has 2 fully saturated rings. The second-order valence-corrected chi connectivity index (χ2v) is 5.80. The third kappa shape index (κ3) is 3.45. The molecule has 4 nitrogen and oxygen atoms in total. The molecule has 0 saturated carbocycles. The Morgan fingerprint density at radius 3 is 2.72 bits per heavy atom. The van der Waals surface area contributed by atoms with E-state index in [1.165, 1.54) is 25.9 Å². The average molecular weight is 253 g/mol. The van der Waals surface area contributed by atoms with Crippen LogP contribution in [-0.2, 0) is 4.79 Å². The van der Waals surface area contributed by atoms with Gasteiger partial charge < -0.3 is 15.1 Å². The fourth-order valence-electron chi connectivity index (χ4n) is 3.07. The Hall–Kier alpha value is -0.610. The summed E-state index contributed by atoms with van der Waals surface area (Å²) in [4.78, 5) is 16.8. The molecule has 4 heteroatoms. The molecular formula is C14H27N3O. The number of piperidine rings is 1. The highest BCUT2D eigenvalue weighted by atomic mass is 16.2. The van der Waals surface area contributed by atoms with Gasteiger partial charge in [0, 0.05) is 26.2 Å². The maximum absolute atomic E-state index is 12.4. The summed E-state index contributed by atoms with van der Waals surface area (Å²) >= 11 is 0. The van der Waals surface area contributed by atoms with E-state index in [4.69, 9.17) is 0 Å². The van der Waals surface area contributed by atoms with Gasteiger partial charge in [0.25, 0.3) is 0 Å². The molecule has 2 heterocycles. The van der Waals surface area contributed by atoms with E-state index in [2.05, 4.69) is 17.1 Å². The summed E-state index contributed by atoms with van der Waals surface area (Å²) < 4.78 is 0. The van der Waals surface area contributed by atoms with E-state index in [0.29, 0.717) is 11.9 Å². The second kappa shape index (κ2) is 6.53. The van der Waals surface area contributed by atoms with Gasteiger partial charge in [-0.25, -0.2) is 0 Å². The van der Waals surface area contributed by atoms with Gasteiger partial charge in [-0.05, 0) is 52.2 Å². The van der Waals surface area contributed by atoms with Crippen LogP contribution in [0, 0.1) is 5.92 Å². The first-order valence-electron chi connectivity index (χ1n) is 7.39. The smallest absolute Gasteiger partial charge is 0.227 e. The number of amides is 1. The minimum absolute atomic E-state index is 0.183. The predicted octanol–water partition coefficient (Wildman–Crippen LogP) is 0.929. The molecule has 0 spiro atoms. The summed E-state index contributed by atoms with van der Waals surface area (Å²) in [6, 6.07) is 0.334. The van der Waals surface area contributed by atoms with Crippen molar-refractivity contribution in [2.24, 2.45) is 5.92 Å². The van der Waals surface area contributed by atoms with Crippen LogP contribution in [0.15, 0.2) is 0 Å². The molecule has 0 bridgehead atoms. The van der Waals surface area contributed by atoms with Crippen LogP contribution in [0.2, 0.25) is 0 Å². The summed E-state index contributed by atoms with van der Waals surface area (Å²) in [6.07, 6.45) is 4.81. The summed E-state index contributed by atoms with van der Waals surface area (Å²) in [7, 11) is 1.96. The molecule has 1 amide bonds. The first-order chi connectivity index (χ1) is 8.68. The van der Waals surface area contributed by atoms with E-state index in [1.54, 1.807) is 0 Å². The maximum Gasteiger partial charge on any atom is 0.227 e. The van der Waals surface area contributed by atoms with Crippen molar-refractivity contribution in [3.8, 4) is 0 Å². The van der Waals surface area contributed by atoms with Crippen molar-refractivity contribution in [1.82, 2.24) is 15.1 Å². The van der Waals surface area contributed by atoms with Gasteiger partial charge in [-0.15, -0.1) is 0 Å². The summed E-state index contributed by atoms with van der Waals surface area (Å²) in [5.74, 6) is 0.510. The zero-order valence-electron chi connectivity index (χ0n) is 11.8. The first kappa shape index (κ1) is 13.8. The Balaban J connectivity index is 1.76. The van der Waals surface area contributed by atoms with Crippen molar-refractivity contribution in [2.75, 3.05) is 39.8 Å². The van der Waals surface area contributed by atoms with Crippen molar-refractivity contribution in [3.63, 3.8) is 0 Å². The van der Waals surface area contributed by atoms with E-state index in [-0.39, 0.29) is 5.92 Å². The zero-order valence-corrected chi connectivity index (χ0v) is 11.8. The van der Waals surface area contributed by atoms with Crippen LogP contribution in [0.4, 0.5) is 0 Å². The van der Waals surface area contributed by atoms with Gasteiger partial charge in [-0.2, -0.15) is 0 Å². The number of hydrogen-bond acceptors (Lipinski definition) is 3. The van der Waals surface area contributed by atoms with Gasteiger partial charge in [0.1, 0.15) is 0 Å². The lowest BCUT2D eigenvalue weighted by molar-refractivity contribution is -0.136. The van der Waals surface area contributed by atoms with E-state index < -0.39 is 0 Å². The topological polar surface area (TPSA) is 35.6 Å². The van der Waals surface area contributed by atoms with E-state index >= 15 is 0 Å². The molecule has 0 aliphatic carbocycles. The van der Waals surface area contributed by atoms with Crippen LogP contribution < -0.4 is 5.32 Å². The van der Waals surface area contributed by atoms with Crippen LogP contribution in [0.1, 0.15) is 32.6 Å². The lowest BCUT2D eigenvalue weighted by atomic mass is 9.91. The molecule has 2 aliphatic rings. The Bertz CT molecular complexity index is 276. The molecule has 1 N–H and O–H groups in total. The molecule has 2 rings (SSSR count). The van der Waals surface area contributed by atoms with Crippen molar-refractivity contribution in [2.45, 2.75) is 38.6 Å². The molecule has 104 valence electrons. The molecule has 2 aliphatic heterocycles. The third-order valence-corrected chi connectivity index (χ3v) is 4.41.